The molecule has 1 N–H and O–H groups in total. The first-order valence-corrected chi connectivity index (χ1v) is 7.67. The molecule has 3 heteroatoms. The average Bonchev–Trinajstić information content (AvgIpc) is 2.52. The van der Waals surface area contributed by atoms with E-state index in [9.17, 15) is 0 Å². The van der Waals surface area contributed by atoms with Gasteiger partial charge >= 0.3 is 0 Å². The van der Waals surface area contributed by atoms with E-state index in [1.807, 2.05) is 0 Å². The first kappa shape index (κ1) is 14.9. The zero-order valence-electron chi connectivity index (χ0n) is 12.3. The van der Waals surface area contributed by atoms with Gasteiger partial charge in [-0.25, -0.2) is 0 Å². The highest BCUT2D eigenvalue weighted by Gasteiger charge is 2.10. The standard InChI is InChI=1S/C17H26N2O/c1-2-20-14-6-11-18-15-16-7-9-17(10-8-16)19-12-4-3-5-13-19/h2,7-10,18H,1,3-6,11-15H2. The molecule has 110 valence electrons. The van der Waals surface area contributed by atoms with Crippen molar-refractivity contribution in [2.24, 2.45) is 0 Å². The molecule has 20 heavy (non-hydrogen) atoms. The highest BCUT2D eigenvalue weighted by atomic mass is 16.5. The molecule has 1 aromatic rings. The van der Waals surface area contributed by atoms with Crippen LogP contribution in [-0.4, -0.2) is 26.2 Å². The molecular weight excluding hydrogens is 248 g/mol. The Morgan fingerprint density at radius 2 is 1.90 bits per heavy atom. The summed E-state index contributed by atoms with van der Waals surface area (Å²) in [5, 5.41) is 3.43. The molecule has 0 atom stereocenters. The van der Waals surface area contributed by atoms with Crippen molar-refractivity contribution < 1.29 is 4.74 Å². The highest BCUT2D eigenvalue weighted by Crippen LogP contribution is 2.20. The van der Waals surface area contributed by atoms with Crippen LogP contribution in [0.4, 0.5) is 5.69 Å². The lowest BCUT2D eigenvalue weighted by atomic mass is 10.1. The van der Waals surface area contributed by atoms with Crippen LogP contribution in [0.1, 0.15) is 31.2 Å². The van der Waals surface area contributed by atoms with Crippen LogP contribution in [0, 0.1) is 0 Å². The summed E-state index contributed by atoms with van der Waals surface area (Å²) in [6.07, 6.45) is 6.55. The second kappa shape index (κ2) is 8.64. The van der Waals surface area contributed by atoms with Crippen LogP contribution in [0.3, 0.4) is 0 Å². The minimum atomic E-state index is 0.740. The van der Waals surface area contributed by atoms with E-state index < -0.39 is 0 Å². The topological polar surface area (TPSA) is 24.5 Å². The van der Waals surface area contributed by atoms with Crippen LogP contribution in [0.15, 0.2) is 37.1 Å². The third-order valence-electron chi connectivity index (χ3n) is 3.72. The van der Waals surface area contributed by atoms with Gasteiger partial charge in [-0.1, -0.05) is 18.7 Å². The number of piperidine rings is 1. The molecule has 1 aromatic carbocycles. The Morgan fingerprint density at radius 1 is 1.15 bits per heavy atom. The van der Waals surface area contributed by atoms with Crippen molar-refractivity contribution in [2.45, 2.75) is 32.2 Å². The molecule has 0 radical (unpaired) electrons. The van der Waals surface area contributed by atoms with E-state index in [-0.39, 0.29) is 0 Å². The Labute approximate surface area is 122 Å². The summed E-state index contributed by atoms with van der Waals surface area (Å²) in [6.45, 7) is 8.58. The summed E-state index contributed by atoms with van der Waals surface area (Å²) in [6, 6.07) is 8.97. The summed E-state index contributed by atoms with van der Waals surface area (Å²) in [7, 11) is 0. The maximum Gasteiger partial charge on any atom is 0.0885 e. The van der Waals surface area contributed by atoms with Crippen LogP contribution in [0.5, 0.6) is 0 Å². The van der Waals surface area contributed by atoms with Gasteiger partial charge in [-0.05, 0) is 49.9 Å². The molecule has 0 spiro atoms. The molecule has 1 heterocycles. The van der Waals surface area contributed by atoms with E-state index in [0.717, 1.165) is 26.1 Å². The largest absolute Gasteiger partial charge is 0.502 e. The summed E-state index contributed by atoms with van der Waals surface area (Å²) in [5.74, 6) is 0. The van der Waals surface area contributed by atoms with Crippen molar-refractivity contribution in [2.75, 3.05) is 31.1 Å². The number of ether oxygens (including phenoxy) is 1. The summed E-state index contributed by atoms with van der Waals surface area (Å²) in [4.78, 5) is 2.49. The fraction of sp³-hybridized carbons (Fsp3) is 0.529. The van der Waals surface area contributed by atoms with Gasteiger partial charge in [0.05, 0.1) is 12.9 Å². The van der Waals surface area contributed by atoms with E-state index in [0.29, 0.717) is 0 Å². The van der Waals surface area contributed by atoms with Gasteiger partial charge in [0.15, 0.2) is 0 Å². The van der Waals surface area contributed by atoms with Crippen molar-refractivity contribution in [1.82, 2.24) is 5.32 Å². The predicted octanol–water partition coefficient (Wildman–Crippen LogP) is 3.32. The molecule has 0 saturated carbocycles. The molecule has 1 aliphatic rings. The average molecular weight is 274 g/mol. The van der Waals surface area contributed by atoms with Crippen LogP contribution >= 0.6 is 0 Å². The van der Waals surface area contributed by atoms with Crippen molar-refractivity contribution in [3.8, 4) is 0 Å². The maximum absolute atomic E-state index is 5.09. The molecule has 2 rings (SSSR count). The summed E-state index contributed by atoms with van der Waals surface area (Å²) < 4.78 is 5.09. The van der Waals surface area contributed by atoms with Crippen LogP contribution in [0.25, 0.3) is 0 Å². The second-order valence-electron chi connectivity index (χ2n) is 5.28. The number of nitrogens with zero attached hydrogens (tertiary/aromatic N) is 1. The summed E-state index contributed by atoms with van der Waals surface area (Å²) >= 11 is 0. The Kier molecular flexibility index (Phi) is 6.45. The molecule has 0 amide bonds. The van der Waals surface area contributed by atoms with Gasteiger partial charge in [-0.3, -0.25) is 0 Å². The molecule has 0 aliphatic carbocycles. The lowest BCUT2D eigenvalue weighted by Gasteiger charge is -2.28. The zero-order chi connectivity index (χ0) is 14.0. The first-order chi connectivity index (χ1) is 9.90. The molecule has 0 unspecified atom stereocenters. The fourth-order valence-corrected chi connectivity index (χ4v) is 2.57. The van der Waals surface area contributed by atoms with Crippen LogP contribution < -0.4 is 10.2 Å². The molecule has 1 fully saturated rings. The Morgan fingerprint density at radius 3 is 2.60 bits per heavy atom. The minimum absolute atomic E-state index is 0.740. The third kappa shape index (κ3) is 4.89. The van der Waals surface area contributed by atoms with Gasteiger partial charge < -0.3 is 15.0 Å². The molecule has 0 aromatic heterocycles. The lowest BCUT2D eigenvalue weighted by Crippen LogP contribution is -2.29. The van der Waals surface area contributed by atoms with Gasteiger partial charge in [0, 0.05) is 25.3 Å². The van der Waals surface area contributed by atoms with Crippen molar-refractivity contribution in [3.05, 3.63) is 42.7 Å². The smallest absolute Gasteiger partial charge is 0.0885 e. The number of nitrogens with one attached hydrogen (secondary N) is 1. The van der Waals surface area contributed by atoms with Gasteiger partial charge in [0.25, 0.3) is 0 Å². The van der Waals surface area contributed by atoms with E-state index in [1.165, 1.54) is 49.9 Å². The van der Waals surface area contributed by atoms with E-state index in [2.05, 4.69) is 41.1 Å². The van der Waals surface area contributed by atoms with Crippen molar-refractivity contribution in [3.63, 3.8) is 0 Å². The van der Waals surface area contributed by atoms with Crippen molar-refractivity contribution in [1.29, 1.82) is 0 Å². The van der Waals surface area contributed by atoms with Gasteiger partial charge in [0.1, 0.15) is 0 Å². The number of hydrogen-bond acceptors (Lipinski definition) is 3. The molecular formula is C17H26N2O. The van der Waals surface area contributed by atoms with Gasteiger partial charge in [-0.2, -0.15) is 0 Å². The Hall–Kier alpha value is -1.48. The van der Waals surface area contributed by atoms with E-state index >= 15 is 0 Å². The zero-order valence-corrected chi connectivity index (χ0v) is 12.3. The predicted molar refractivity (Wildman–Crippen MR) is 85.0 cm³/mol. The van der Waals surface area contributed by atoms with Crippen LogP contribution in [-0.2, 0) is 11.3 Å². The SMILES string of the molecule is C=COCCCNCc1ccc(N2CCCCC2)cc1. The molecule has 1 saturated heterocycles. The van der Waals surface area contributed by atoms with Gasteiger partial charge in [0.2, 0.25) is 0 Å². The van der Waals surface area contributed by atoms with E-state index in [4.69, 9.17) is 4.74 Å². The van der Waals surface area contributed by atoms with Gasteiger partial charge in [-0.15, -0.1) is 0 Å². The monoisotopic (exact) mass is 274 g/mol. The number of rotatable bonds is 8. The van der Waals surface area contributed by atoms with E-state index in [1.54, 1.807) is 0 Å². The highest BCUT2D eigenvalue weighted by molar-refractivity contribution is 5.47. The molecule has 3 nitrogen and oxygen atoms in total. The molecule has 0 bridgehead atoms. The minimum Gasteiger partial charge on any atom is -0.502 e. The number of anilines is 1. The quantitative estimate of drug-likeness (QED) is 0.581. The first-order valence-electron chi connectivity index (χ1n) is 7.67. The molecule has 1 aliphatic heterocycles. The number of hydrogen-bond donors (Lipinski definition) is 1. The third-order valence-corrected chi connectivity index (χ3v) is 3.72. The Bertz CT molecular complexity index is 382. The van der Waals surface area contributed by atoms with Crippen molar-refractivity contribution >= 4 is 5.69 Å². The lowest BCUT2D eigenvalue weighted by molar-refractivity contribution is 0.244. The maximum atomic E-state index is 5.09. The second-order valence-corrected chi connectivity index (χ2v) is 5.28. The number of benzene rings is 1. The normalized spacial score (nSPS) is 15.1. The Balaban J connectivity index is 1.69. The van der Waals surface area contributed by atoms with Crippen LogP contribution in [0.2, 0.25) is 0 Å². The summed E-state index contributed by atoms with van der Waals surface area (Å²) in [5.41, 5.74) is 2.71. The fourth-order valence-electron chi connectivity index (χ4n) is 2.57.